The normalized spacial score (nSPS) is 32.6. The van der Waals surface area contributed by atoms with Crippen LogP contribution in [-0.4, -0.2) is 6.04 Å². The number of fused-ring (bicyclic) bond motifs is 2. The Labute approximate surface area is 103 Å². The van der Waals surface area contributed by atoms with Gasteiger partial charge in [0.15, 0.2) is 0 Å². The molecule has 1 nitrogen and oxygen atoms in total. The van der Waals surface area contributed by atoms with Crippen LogP contribution >= 0.6 is 32.9 Å². The molecule has 0 amide bonds. The number of nitrogens with two attached hydrogens (primary N) is 1. The Bertz CT molecular complexity index is 378. The number of hydrogen-bond acceptors (Lipinski definition) is 1. The molecule has 1 aromatic carbocycles. The molecular formula is C11H13Br2N. The van der Waals surface area contributed by atoms with Crippen LogP contribution in [0.3, 0.4) is 0 Å². The molecule has 0 saturated heterocycles. The van der Waals surface area contributed by atoms with Crippen molar-refractivity contribution < 1.29 is 0 Å². The van der Waals surface area contributed by atoms with Gasteiger partial charge in [0.25, 0.3) is 0 Å². The van der Waals surface area contributed by atoms with E-state index in [0.717, 1.165) is 0 Å². The highest BCUT2D eigenvalue weighted by Crippen LogP contribution is 2.56. The van der Waals surface area contributed by atoms with Crippen LogP contribution in [0.5, 0.6) is 0 Å². The van der Waals surface area contributed by atoms with Gasteiger partial charge in [-0.1, -0.05) is 28.1 Å². The van der Waals surface area contributed by atoms with Crippen molar-refractivity contribution in [2.24, 2.45) is 5.73 Å². The maximum atomic E-state index is 6.01. The smallest absolute Gasteiger partial charge is 0.0210 e. The van der Waals surface area contributed by atoms with Crippen molar-refractivity contribution in [1.29, 1.82) is 0 Å². The fourth-order valence-electron chi connectivity index (χ4n) is 2.69. The minimum atomic E-state index is 0. The van der Waals surface area contributed by atoms with E-state index in [2.05, 4.69) is 34.1 Å². The van der Waals surface area contributed by atoms with Gasteiger partial charge in [-0.25, -0.2) is 0 Å². The summed E-state index contributed by atoms with van der Waals surface area (Å²) in [5.41, 5.74) is 9.39. The largest absolute Gasteiger partial charge is 0.327 e. The lowest BCUT2D eigenvalue weighted by Gasteiger charge is -2.09. The summed E-state index contributed by atoms with van der Waals surface area (Å²) in [6.45, 7) is 0. The van der Waals surface area contributed by atoms with E-state index in [4.69, 9.17) is 5.73 Å². The molecule has 1 aromatic rings. The molecule has 2 N–H and O–H groups in total. The summed E-state index contributed by atoms with van der Waals surface area (Å²) >= 11 is 3.61. The van der Waals surface area contributed by atoms with E-state index in [1.807, 2.05) is 0 Å². The topological polar surface area (TPSA) is 26.0 Å². The Morgan fingerprint density at radius 1 is 1.43 bits per heavy atom. The number of benzene rings is 1. The molecule has 1 saturated carbocycles. The molecule has 3 rings (SSSR count). The van der Waals surface area contributed by atoms with E-state index in [9.17, 15) is 0 Å². The van der Waals surface area contributed by atoms with Crippen LogP contribution in [0.25, 0.3) is 0 Å². The molecule has 2 unspecified atom stereocenters. The number of halogens is 2. The Kier molecular flexibility index (Phi) is 2.53. The van der Waals surface area contributed by atoms with Crippen molar-refractivity contribution in [3.8, 4) is 0 Å². The molecule has 0 heterocycles. The molecule has 0 aliphatic heterocycles. The highest BCUT2D eigenvalue weighted by atomic mass is 79.9. The number of rotatable bonds is 0. The zero-order valence-corrected chi connectivity index (χ0v) is 11.1. The fraction of sp³-hybridized carbons (Fsp3) is 0.455. The van der Waals surface area contributed by atoms with Crippen LogP contribution in [0.15, 0.2) is 22.7 Å². The van der Waals surface area contributed by atoms with Gasteiger partial charge in [0.05, 0.1) is 0 Å². The SMILES string of the molecule is Br.NC1CC12CCc1c(Br)cccc12. The van der Waals surface area contributed by atoms with Crippen molar-refractivity contribution >= 4 is 32.9 Å². The first-order valence-corrected chi connectivity index (χ1v) is 5.57. The first kappa shape index (κ1) is 10.7. The zero-order valence-electron chi connectivity index (χ0n) is 7.79. The Morgan fingerprint density at radius 2 is 2.14 bits per heavy atom. The van der Waals surface area contributed by atoms with Gasteiger partial charge < -0.3 is 5.73 Å². The van der Waals surface area contributed by atoms with Gasteiger partial charge >= 0.3 is 0 Å². The molecule has 1 fully saturated rings. The predicted octanol–water partition coefficient (Wildman–Crippen LogP) is 2.94. The molecule has 3 heteroatoms. The molecule has 0 bridgehead atoms. The molecule has 0 radical (unpaired) electrons. The Balaban J connectivity index is 0.000000750. The molecule has 2 aliphatic carbocycles. The second kappa shape index (κ2) is 3.32. The molecule has 2 atom stereocenters. The van der Waals surface area contributed by atoms with E-state index < -0.39 is 0 Å². The van der Waals surface area contributed by atoms with Crippen LogP contribution in [-0.2, 0) is 11.8 Å². The third kappa shape index (κ3) is 1.22. The summed E-state index contributed by atoms with van der Waals surface area (Å²) in [5, 5.41) is 0. The van der Waals surface area contributed by atoms with E-state index >= 15 is 0 Å². The Morgan fingerprint density at radius 3 is 2.79 bits per heavy atom. The zero-order chi connectivity index (χ0) is 9.05. The Hall–Kier alpha value is 0.140. The average molecular weight is 319 g/mol. The van der Waals surface area contributed by atoms with Crippen LogP contribution < -0.4 is 5.73 Å². The van der Waals surface area contributed by atoms with Gasteiger partial charge in [0, 0.05) is 15.9 Å². The van der Waals surface area contributed by atoms with Gasteiger partial charge in [-0.05, 0) is 36.5 Å². The third-order valence-electron chi connectivity index (χ3n) is 3.61. The lowest BCUT2D eigenvalue weighted by Crippen LogP contribution is -2.14. The summed E-state index contributed by atoms with van der Waals surface area (Å²) < 4.78 is 1.26. The van der Waals surface area contributed by atoms with E-state index in [-0.39, 0.29) is 17.0 Å². The standard InChI is InChI=1S/C11H12BrN.BrH/c12-9-3-1-2-8-7(9)4-5-11(8)6-10(11)13;/h1-3,10H,4-6,13H2;1H. The van der Waals surface area contributed by atoms with Crippen molar-refractivity contribution in [3.05, 3.63) is 33.8 Å². The average Bonchev–Trinajstić information content (AvgIpc) is 2.57. The van der Waals surface area contributed by atoms with Crippen LogP contribution in [0.4, 0.5) is 0 Å². The minimum absolute atomic E-state index is 0. The van der Waals surface area contributed by atoms with E-state index in [1.54, 1.807) is 0 Å². The molecule has 76 valence electrons. The fourth-order valence-corrected chi connectivity index (χ4v) is 3.26. The van der Waals surface area contributed by atoms with Crippen LogP contribution in [0.1, 0.15) is 24.0 Å². The van der Waals surface area contributed by atoms with Crippen molar-refractivity contribution in [2.75, 3.05) is 0 Å². The summed E-state index contributed by atoms with van der Waals surface area (Å²) in [7, 11) is 0. The first-order chi connectivity index (χ1) is 6.24. The minimum Gasteiger partial charge on any atom is -0.327 e. The van der Waals surface area contributed by atoms with E-state index in [0.29, 0.717) is 11.5 Å². The maximum Gasteiger partial charge on any atom is 0.0210 e. The molecule has 0 aromatic heterocycles. The van der Waals surface area contributed by atoms with E-state index in [1.165, 1.54) is 34.9 Å². The number of hydrogen-bond donors (Lipinski definition) is 1. The third-order valence-corrected chi connectivity index (χ3v) is 4.35. The van der Waals surface area contributed by atoms with Crippen LogP contribution in [0.2, 0.25) is 0 Å². The molecular weight excluding hydrogens is 306 g/mol. The highest BCUT2D eigenvalue weighted by molar-refractivity contribution is 9.10. The van der Waals surface area contributed by atoms with Gasteiger partial charge in [0.1, 0.15) is 0 Å². The quantitative estimate of drug-likeness (QED) is 0.782. The van der Waals surface area contributed by atoms with Crippen molar-refractivity contribution in [2.45, 2.75) is 30.7 Å². The second-order valence-corrected chi connectivity index (χ2v) is 5.09. The van der Waals surface area contributed by atoms with Crippen LogP contribution in [0, 0.1) is 0 Å². The molecule has 1 spiro atoms. The van der Waals surface area contributed by atoms with Gasteiger partial charge in [0.2, 0.25) is 0 Å². The summed E-state index contributed by atoms with van der Waals surface area (Å²) in [6, 6.07) is 6.93. The van der Waals surface area contributed by atoms with Gasteiger partial charge in [-0.3, -0.25) is 0 Å². The molecule has 2 aliphatic rings. The lowest BCUT2D eigenvalue weighted by molar-refractivity contribution is 0.651. The van der Waals surface area contributed by atoms with Gasteiger partial charge in [-0.2, -0.15) is 0 Å². The second-order valence-electron chi connectivity index (χ2n) is 4.23. The lowest BCUT2D eigenvalue weighted by atomic mass is 9.98. The summed E-state index contributed by atoms with van der Waals surface area (Å²) in [5.74, 6) is 0. The maximum absolute atomic E-state index is 6.01. The summed E-state index contributed by atoms with van der Waals surface area (Å²) in [6.07, 6.45) is 3.65. The predicted molar refractivity (Wildman–Crippen MR) is 67.1 cm³/mol. The summed E-state index contributed by atoms with van der Waals surface area (Å²) in [4.78, 5) is 0. The monoisotopic (exact) mass is 317 g/mol. The van der Waals surface area contributed by atoms with Gasteiger partial charge in [-0.15, -0.1) is 17.0 Å². The first-order valence-electron chi connectivity index (χ1n) is 4.77. The molecule has 14 heavy (non-hydrogen) atoms. The highest BCUT2D eigenvalue weighted by Gasteiger charge is 2.56. The van der Waals surface area contributed by atoms with Crippen molar-refractivity contribution in [3.63, 3.8) is 0 Å². The van der Waals surface area contributed by atoms with Crippen molar-refractivity contribution in [1.82, 2.24) is 0 Å².